The predicted molar refractivity (Wildman–Crippen MR) is 199 cm³/mol. The Morgan fingerprint density at radius 2 is 0.809 bits per heavy atom. The molecule has 1 aliphatic rings. The fourth-order valence-electron chi connectivity index (χ4n) is 6.82. The van der Waals surface area contributed by atoms with Gasteiger partial charge >= 0.3 is 0 Å². The van der Waals surface area contributed by atoms with Crippen molar-refractivity contribution >= 4 is 45.7 Å². The number of hydrogen-bond acceptors (Lipinski definition) is 2. The first-order valence-electron chi connectivity index (χ1n) is 15.9. The predicted octanol–water partition coefficient (Wildman–Crippen LogP) is 11.1. The van der Waals surface area contributed by atoms with E-state index in [1.807, 2.05) is 66.7 Å². The average Bonchev–Trinajstić information content (AvgIpc) is 3.43. The summed E-state index contributed by atoms with van der Waals surface area (Å²) in [6.07, 6.45) is 0. The van der Waals surface area contributed by atoms with E-state index >= 15 is 4.57 Å². The Morgan fingerprint density at radius 1 is 0.362 bits per heavy atom. The largest absolute Gasteiger partial charge is 0.311 e. The summed E-state index contributed by atoms with van der Waals surface area (Å²) in [5.74, 6) is 0. The summed E-state index contributed by atoms with van der Waals surface area (Å²) < 4.78 is 16.2. The highest BCUT2D eigenvalue weighted by molar-refractivity contribution is 7.89. The van der Waals surface area contributed by atoms with Gasteiger partial charge in [-0.15, -0.1) is 0 Å². The van der Waals surface area contributed by atoms with Gasteiger partial charge in [0.2, 0.25) is 0 Å². The highest BCUT2D eigenvalue weighted by Gasteiger charge is 2.45. The quantitative estimate of drug-likeness (QED) is 0.165. The van der Waals surface area contributed by atoms with E-state index in [1.54, 1.807) is 0 Å². The third-order valence-corrected chi connectivity index (χ3v) is 12.1. The van der Waals surface area contributed by atoms with Crippen LogP contribution in [0.1, 0.15) is 16.7 Å². The van der Waals surface area contributed by atoms with Crippen LogP contribution >= 0.6 is 7.14 Å². The average molecular weight is 622 g/mol. The minimum absolute atomic E-state index is 0.842. The lowest BCUT2D eigenvalue weighted by atomic mass is 9.93. The Labute approximate surface area is 276 Å². The van der Waals surface area contributed by atoms with E-state index in [4.69, 9.17) is 0 Å². The lowest BCUT2D eigenvalue weighted by molar-refractivity contribution is 0.593. The summed E-state index contributed by atoms with van der Waals surface area (Å²) in [7, 11) is -3.33. The second kappa shape index (κ2) is 12.2. The number of fused-ring (bicyclic) bond motifs is 1. The second-order valence-electron chi connectivity index (χ2n) is 11.7. The summed E-state index contributed by atoms with van der Waals surface area (Å²) in [4.78, 5) is 2.26. The molecule has 0 fully saturated rings. The highest BCUT2D eigenvalue weighted by Crippen LogP contribution is 2.66. The van der Waals surface area contributed by atoms with E-state index in [-0.39, 0.29) is 0 Å². The van der Waals surface area contributed by atoms with E-state index in [0.29, 0.717) is 0 Å². The molecule has 47 heavy (non-hydrogen) atoms. The molecule has 0 saturated heterocycles. The SMILES string of the molecule is O=[P@]1(c2ccccc2)C(c2ccccc2)=C(c2ccccc2)c2cccc(-c3ccc(N(c4ccccc4)c4ccccc4)cc3)c21. The minimum atomic E-state index is -3.33. The molecule has 224 valence electrons. The maximum atomic E-state index is 16.2. The molecule has 1 heterocycles. The van der Waals surface area contributed by atoms with Gasteiger partial charge in [0, 0.05) is 38.6 Å². The third-order valence-electron chi connectivity index (χ3n) is 8.87. The molecular formula is C44H32NOP. The molecule has 0 N–H and O–H groups in total. The van der Waals surface area contributed by atoms with Crippen molar-refractivity contribution in [2.75, 3.05) is 4.90 Å². The van der Waals surface area contributed by atoms with E-state index in [0.717, 1.165) is 66.4 Å². The molecule has 0 radical (unpaired) electrons. The molecule has 0 saturated carbocycles. The molecule has 0 aromatic heterocycles. The summed E-state index contributed by atoms with van der Waals surface area (Å²) in [5.41, 5.74) is 9.37. The van der Waals surface area contributed by atoms with Crippen LogP contribution in [0.4, 0.5) is 17.1 Å². The lowest BCUT2D eigenvalue weighted by Crippen LogP contribution is -2.18. The monoisotopic (exact) mass is 621 g/mol. The molecule has 0 amide bonds. The van der Waals surface area contributed by atoms with Crippen molar-refractivity contribution in [3.05, 3.63) is 211 Å². The van der Waals surface area contributed by atoms with Gasteiger partial charge in [0.25, 0.3) is 0 Å². The van der Waals surface area contributed by atoms with Crippen LogP contribution in [0.15, 0.2) is 194 Å². The zero-order valence-electron chi connectivity index (χ0n) is 25.8. The van der Waals surface area contributed by atoms with Crippen molar-refractivity contribution < 1.29 is 4.57 Å². The first kappa shape index (κ1) is 28.8. The van der Waals surface area contributed by atoms with Crippen molar-refractivity contribution in [2.24, 2.45) is 0 Å². The fourth-order valence-corrected chi connectivity index (χ4v) is 10.3. The van der Waals surface area contributed by atoms with Crippen molar-refractivity contribution in [3.63, 3.8) is 0 Å². The number of anilines is 3. The van der Waals surface area contributed by atoms with Crippen LogP contribution in [-0.2, 0) is 4.57 Å². The highest BCUT2D eigenvalue weighted by atomic mass is 31.2. The molecule has 2 nitrogen and oxygen atoms in total. The van der Waals surface area contributed by atoms with Gasteiger partial charge in [-0.05, 0) is 64.2 Å². The first-order chi connectivity index (χ1) is 23.2. The molecule has 8 rings (SSSR count). The Hall–Kier alpha value is -5.69. The lowest BCUT2D eigenvalue weighted by Gasteiger charge is -2.26. The molecule has 3 heteroatoms. The summed E-state index contributed by atoms with van der Waals surface area (Å²) in [5, 5.41) is 2.64. The first-order valence-corrected chi connectivity index (χ1v) is 17.6. The number of nitrogens with zero attached hydrogens (tertiary/aromatic N) is 1. The van der Waals surface area contributed by atoms with Gasteiger partial charge in [-0.3, -0.25) is 0 Å². The van der Waals surface area contributed by atoms with Crippen molar-refractivity contribution in [2.45, 2.75) is 0 Å². The van der Waals surface area contributed by atoms with Gasteiger partial charge < -0.3 is 9.46 Å². The van der Waals surface area contributed by atoms with E-state index in [9.17, 15) is 0 Å². The van der Waals surface area contributed by atoms with Gasteiger partial charge in [0.1, 0.15) is 0 Å². The number of hydrogen-bond donors (Lipinski definition) is 0. The van der Waals surface area contributed by atoms with Gasteiger partial charge in [-0.2, -0.15) is 0 Å². The van der Waals surface area contributed by atoms with E-state index in [2.05, 4.69) is 132 Å². The van der Waals surface area contributed by atoms with Crippen LogP contribution < -0.4 is 15.5 Å². The summed E-state index contributed by atoms with van der Waals surface area (Å²) >= 11 is 0. The molecule has 1 atom stereocenters. The van der Waals surface area contributed by atoms with E-state index in [1.165, 1.54) is 0 Å². The molecule has 7 aromatic carbocycles. The number of para-hydroxylation sites is 2. The van der Waals surface area contributed by atoms with Crippen LogP contribution in [0.25, 0.3) is 22.0 Å². The Kier molecular flexibility index (Phi) is 7.50. The maximum Gasteiger partial charge on any atom is 0.173 e. The zero-order chi connectivity index (χ0) is 31.6. The normalized spacial score (nSPS) is 15.3. The minimum Gasteiger partial charge on any atom is -0.311 e. The van der Waals surface area contributed by atoms with Crippen molar-refractivity contribution in [3.8, 4) is 11.1 Å². The van der Waals surface area contributed by atoms with Crippen LogP contribution in [0.3, 0.4) is 0 Å². The summed E-state index contributed by atoms with van der Waals surface area (Å²) in [6.45, 7) is 0. The van der Waals surface area contributed by atoms with Crippen LogP contribution in [0, 0.1) is 0 Å². The Morgan fingerprint density at radius 3 is 1.36 bits per heavy atom. The second-order valence-corrected chi connectivity index (χ2v) is 14.3. The topological polar surface area (TPSA) is 20.3 Å². The van der Waals surface area contributed by atoms with Crippen LogP contribution in [0.5, 0.6) is 0 Å². The van der Waals surface area contributed by atoms with E-state index < -0.39 is 7.14 Å². The zero-order valence-corrected chi connectivity index (χ0v) is 26.7. The van der Waals surface area contributed by atoms with Crippen LogP contribution in [0.2, 0.25) is 0 Å². The fraction of sp³-hybridized carbons (Fsp3) is 0. The Bertz CT molecular complexity index is 2190. The van der Waals surface area contributed by atoms with Gasteiger partial charge in [0.15, 0.2) is 7.14 Å². The van der Waals surface area contributed by atoms with Crippen molar-refractivity contribution in [1.82, 2.24) is 0 Å². The molecular weight excluding hydrogens is 589 g/mol. The molecule has 1 aliphatic heterocycles. The standard InChI is InChI=1S/C44H32NOP/c46-47(39-25-14-5-15-26-39)43(35-19-8-2-9-20-35)42(34-17-6-1-7-18-34)41-28-16-27-40(44(41)47)33-29-31-38(32-30-33)45(36-21-10-3-11-22-36)37-23-12-4-13-24-37/h1-32H/t47-/m1/s1. The molecule has 0 spiro atoms. The smallest absolute Gasteiger partial charge is 0.173 e. The molecule has 0 bridgehead atoms. The number of rotatable bonds is 7. The molecule has 0 aliphatic carbocycles. The van der Waals surface area contributed by atoms with Gasteiger partial charge in [-0.1, -0.05) is 158 Å². The Balaban J connectivity index is 1.34. The third kappa shape index (κ3) is 5.04. The maximum absolute atomic E-state index is 16.2. The van der Waals surface area contributed by atoms with Gasteiger partial charge in [-0.25, -0.2) is 0 Å². The summed E-state index contributed by atoms with van der Waals surface area (Å²) in [6, 6.07) is 66.6. The number of benzene rings is 7. The van der Waals surface area contributed by atoms with Crippen molar-refractivity contribution in [1.29, 1.82) is 0 Å². The molecule has 0 unspecified atom stereocenters. The van der Waals surface area contributed by atoms with Gasteiger partial charge in [0.05, 0.1) is 0 Å². The molecule has 7 aromatic rings. The van der Waals surface area contributed by atoms with Crippen LogP contribution in [-0.4, -0.2) is 0 Å².